The summed E-state index contributed by atoms with van der Waals surface area (Å²) < 4.78 is 53.4. The third kappa shape index (κ3) is 5.21. The third-order valence-electron chi connectivity index (χ3n) is 5.11. The van der Waals surface area contributed by atoms with Crippen molar-refractivity contribution in [2.45, 2.75) is 39.0 Å². The molecule has 3 heterocycles. The normalized spacial score (nSPS) is 15.8. The van der Waals surface area contributed by atoms with Crippen LogP contribution in [0.4, 0.5) is 13.2 Å². The standard InChI is InChI=1S/C20H21ClF3N4O3PS/c1-13-11-16(14-5-7-15(21)8-6-14)25-28(13)17-18(29)26-9-3-4-10-27(26)19(17)31-32(2,33)30-12-20(22,23)24/h5-8,11H,3-4,9-10,12H2,1-2H3. The number of hydrogen-bond donors (Lipinski definition) is 0. The number of aromatic nitrogens is 4. The molecular weight excluding hydrogens is 500 g/mol. The van der Waals surface area contributed by atoms with Crippen molar-refractivity contribution in [1.82, 2.24) is 19.1 Å². The summed E-state index contributed by atoms with van der Waals surface area (Å²) in [5.41, 5.74) is 1.78. The number of nitrogens with zero attached hydrogens (tertiary/aromatic N) is 4. The number of benzene rings is 1. The van der Waals surface area contributed by atoms with Gasteiger partial charge in [-0.15, -0.1) is 0 Å². The maximum Gasteiger partial charge on any atom is 0.412 e. The van der Waals surface area contributed by atoms with Crippen LogP contribution in [0.25, 0.3) is 16.9 Å². The molecule has 13 heteroatoms. The zero-order valence-corrected chi connectivity index (χ0v) is 20.3. The van der Waals surface area contributed by atoms with Crippen LogP contribution in [-0.4, -0.2) is 38.6 Å². The minimum atomic E-state index is -4.55. The van der Waals surface area contributed by atoms with Gasteiger partial charge in [0.05, 0.1) is 5.69 Å². The molecule has 0 spiro atoms. The van der Waals surface area contributed by atoms with Crippen molar-refractivity contribution in [2.24, 2.45) is 0 Å². The van der Waals surface area contributed by atoms with Crippen LogP contribution in [0.1, 0.15) is 18.5 Å². The number of rotatable bonds is 6. The quantitative estimate of drug-likeness (QED) is 0.420. The number of aryl methyl sites for hydroxylation is 1. The lowest BCUT2D eigenvalue weighted by Crippen LogP contribution is -2.28. The molecule has 0 radical (unpaired) electrons. The zero-order chi connectivity index (χ0) is 24.0. The molecule has 0 amide bonds. The topological polar surface area (TPSA) is 63.2 Å². The van der Waals surface area contributed by atoms with E-state index in [2.05, 4.69) is 5.10 Å². The Morgan fingerprint density at radius 1 is 1.18 bits per heavy atom. The highest BCUT2D eigenvalue weighted by molar-refractivity contribution is 8.09. The lowest BCUT2D eigenvalue weighted by molar-refractivity contribution is -0.153. The van der Waals surface area contributed by atoms with Gasteiger partial charge in [0.15, 0.2) is 12.3 Å². The predicted molar refractivity (Wildman–Crippen MR) is 123 cm³/mol. The van der Waals surface area contributed by atoms with Crippen molar-refractivity contribution in [3.05, 3.63) is 51.4 Å². The van der Waals surface area contributed by atoms with Gasteiger partial charge in [-0.3, -0.25) is 4.79 Å². The fraction of sp³-hybridized carbons (Fsp3) is 0.400. The van der Waals surface area contributed by atoms with Crippen molar-refractivity contribution in [1.29, 1.82) is 0 Å². The summed E-state index contributed by atoms with van der Waals surface area (Å²) in [7, 11) is 0. The molecule has 178 valence electrons. The van der Waals surface area contributed by atoms with Crippen LogP contribution in [0.3, 0.4) is 0 Å². The molecule has 33 heavy (non-hydrogen) atoms. The smallest absolute Gasteiger partial charge is 0.412 e. The summed E-state index contributed by atoms with van der Waals surface area (Å²) in [6.07, 6.45) is -2.97. The van der Waals surface area contributed by atoms with Crippen molar-refractivity contribution in [3.8, 4) is 22.8 Å². The molecule has 3 aromatic rings. The van der Waals surface area contributed by atoms with E-state index in [4.69, 9.17) is 32.5 Å². The Bertz CT molecular complexity index is 1280. The molecule has 1 atom stereocenters. The molecule has 0 saturated carbocycles. The molecule has 2 aromatic heterocycles. The van der Waals surface area contributed by atoms with Crippen LogP contribution in [0.2, 0.25) is 5.02 Å². The SMILES string of the molecule is Cc1cc(-c2ccc(Cl)cc2)nn1-c1c(OP(C)(=S)OCC(F)(F)F)n2n(c1=O)CCCC2. The van der Waals surface area contributed by atoms with E-state index in [9.17, 15) is 18.0 Å². The van der Waals surface area contributed by atoms with Crippen molar-refractivity contribution >= 4 is 29.9 Å². The highest BCUT2D eigenvalue weighted by Gasteiger charge is 2.34. The van der Waals surface area contributed by atoms with Gasteiger partial charge in [-0.05, 0) is 49.8 Å². The fourth-order valence-corrected chi connectivity index (χ4v) is 5.06. The number of fused-ring (bicyclic) bond motifs is 1. The van der Waals surface area contributed by atoms with Crippen LogP contribution >= 0.6 is 18.1 Å². The highest BCUT2D eigenvalue weighted by atomic mass is 35.5. The highest BCUT2D eigenvalue weighted by Crippen LogP contribution is 2.47. The number of hydrogen-bond acceptors (Lipinski definition) is 5. The van der Waals surface area contributed by atoms with Gasteiger partial charge in [0, 0.05) is 36.0 Å². The van der Waals surface area contributed by atoms with E-state index in [1.807, 2.05) is 0 Å². The van der Waals surface area contributed by atoms with E-state index in [1.54, 1.807) is 41.9 Å². The van der Waals surface area contributed by atoms with Crippen LogP contribution in [0, 0.1) is 6.92 Å². The van der Waals surface area contributed by atoms with Crippen LogP contribution in [0.5, 0.6) is 5.88 Å². The van der Waals surface area contributed by atoms with Gasteiger partial charge in [-0.1, -0.05) is 23.7 Å². The van der Waals surface area contributed by atoms with Crippen LogP contribution in [-0.2, 0) is 29.4 Å². The number of halogens is 4. The average Bonchev–Trinajstić information content (AvgIpc) is 3.24. The summed E-state index contributed by atoms with van der Waals surface area (Å²) in [6.45, 7) is -0.901. The number of alkyl halides is 3. The second-order valence-electron chi connectivity index (χ2n) is 7.75. The van der Waals surface area contributed by atoms with Gasteiger partial charge in [-0.2, -0.15) is 18.3 Å². The second kappa shape index (κ2) is 8.94. The van der Waals surface area contributed by atoms with Gasteiger partial charge in [0.25, 0.3) is 5.56 Å². The zero-order valence-electron chi connectivity index (χ0n) is 17.8. The predicted octanol–water partition coefficient (Wildman–Crippen LogP) is 5.16. The molecule has 7 nitrogen and oxygen atoms in total. The van der Waals surface area contributed by atoms with E-state index < -0.39 is 19.3 Å². The van der Waals surface area contributed by atoms with E-state index in [-0.39, 0.29) is 17.1 Å². The molecule has 0 bridgehead atoms. The molecule has 4 rings (SSSR count). The van der Waals surface area contributed by atoms with Crippen molar-refractivity contribution in [2.75, 3.05) is 13.3 Å². The summed E-state index contributed by atoms with van der Waals surface area (Å²) in [5, 5.41) is 5.16. The molecule has 0 N–H and O–H groups in total. The molecule has 1 aliphatic rings. The lowest BCUT2D eigenvalue weighted by atomic mass is 10.1. The molecule has 1 aliphatic heterocycles. The van der Waals surface area contributed by atoms with Gasteiger partial charge >= 0.3 is 6.18 Å². The molecule has 0 aliphatic carbocycles. The second-order valence-corrected chi connectivity index (χ2v) is 12.2. The first-order valence-electron chi connectivity index (χ1n) is 10.1. The van der Waals surface area contributed by atoms with Crippen molar-refractivity contribution < 1.29 is 22.2 Å². The minimum Gasteiger partial charge on any atom is -0.424 e. The Labute approximate surface area is 197 Å². The Morgan fingerprint density at radius 3 is 2.45 bits per heavy atom. The maximum atomic E-state index is 13.3. The van der Waals surface area contributed by atoms with E-state index in [0.717, 1.165) is 18.4 Å². The van der Waals surface area contributed by atoms with Gasteiger partial charge in [0.1, 0.15) is 0 Å². The molecular formula is C20H21ClF3N4O3PS. The Morgan fingerprint density at radius 2 is 1.82 bits per heavy atom. The summed E-state index contributed by atoms with van der Waals surface area (Å²) in [5.74, 6) is 0.0709. The molecule has 0 fully saturated rings. The van der Waals surface area contributed by atoms with Gasteiger partial charge in [0.2, 0.25) is 12.4 Å². The maximum absolute atomic E-state index is 13.3. The monoisotopic (exact) mass is 520 g/mol. The summed E-state index contributed by atoms with van der Waals surface area (Å²) in [4.78, 5) is 13.3. The lowest BCUT2D eigenvalue weighted by Gasteiger charge is -2.23. The van der Waals surface area contributed by atoms with Crippen LogP contribution in [0.15, 0.2) is 35.1 Å². The average molecular weight is 521 g/mol. The first kappa shape index (κ1) is 24.1. The first-order chi connectivity index (χ1) is 15.5. The molecule has 1 aromatic carbocycles. The van der Waals surface area contributed by atoms with E-state index in [0.29, 0.717) is 29.5 Å². The minimum absolute atomic E-state index is 0.0709. The Hall–Kier alpha value is -2.07. The Balaban J connectivity index is 1.79. The first-order valence-corrected chi connectivity index (χ1v) is 13.6. The van der Waals surface area contributed by atoms with Gasteiger partial charge < -0.3 is 9.05 Å². The summed E-state index contributed by atoms with van der Waals surface area (Å²) >= 11 is 11.2. The third-order valence-corrected chi connectivity index (χ3v) is 7.00. The Kier molecular flexibility index (Phi) is 6.52. The van der Waals surface area contributed by atoms with Gasteiger partial charge in [-0.25, -0.2) is 14.0 Å². The van der Waals surface area contributed by atoms with Crippen molar-refractivity contribution in [3.63, 3.8) is 0 Å². The fourth-order valence-electron chi connectivity index (χ4n) is 3.63. The van der Waals surface area contributed by atoms with E-state index >= 15 is 0 Å². The summed E-state index contributed by atoms with van der Waals surface area (Å²) in [6, 6.07) is 8.88. The van der Waals surface area contributed by atoms with Crippen LogP contribution < -0.4 is 10.1 Å². The molecule has 1 unspecified atom stereocenters. The largest absolute Gasteiger partial charge is 0.424 e. The van der Waals surface area contributed by atoms with E-state index in [1.165, 1.54) is 16.0 Å². The molecule has 0 saturated heterocycles.